The summed E-state index contributed by atoms with van der Waals surface area (Å²) in [5.41, 5.74) is 14.7. The number of primary amides is 1. The lowest BCUT2D eigenvalue weighted by molar-refractivity contribution is -0.127. The molecule has 316 valence electrons. The zero-order valence-corrected chi connectivity index (χ0v) is 35.8. The van der Waals surface area contributed by atoms with E-state index in [-0.39, 0.29) is 5.91 Å². The Hall–Kier alpha value is -6.71. The maximum atomic E-state index is 14.7. The Morgan fingerprint density at radius 2 is 1.32 bits per heavy atom. The number of nitrogens with zero attached hydrogens (tertiary/aromatic N) is 2. The molecule has 0 bridgehead atoms. The minimum absolute atomic E-state index is 0.108. The average Bonchev–Trinajstić information content (AvgIpc) is 3.68. The van der Waals surface area contributed by atoms with E-state index in [0.717, 1.165) is 68.8 Å². The number of nitrogens with two attached hydrogens (primary N) is 1. The summed E-state index contributed by atoms with van der Waals surface area (Å²) < 4.78 is 17.6. The van der Waals surface area contributed by atoms with E-state index in [1.165, 1.54) is 0 Å². The van der Waals surface area contributed by atoms with Crippen molar-refractivity contribution in [1.29, 1.82) is 0 Å². The monoisotopic (exact) mass is 826 g/mol. The maximum absolute atomic E-state index is 14.7. The summed E-state index contributed by atoms with van der Waals surface area (Å²) in [7, 11) is 4.97. The number of hydrogen-bond donors (Lipinski definition) is 2. The minimum Gasteiger partial charge on any atom is -0.496 e. The second-order valence-electron chi connectivity index (χ2n) is 16.2. The van der Waals surface area contributed by atoms with Crippen LogP contribution in [0.25, 0.3) is 11.1 Å². The molecule has 9 heteroatoms. The molecule has 4 unspecified atom stereocenters. The summed E-state index contributed by atoms with van der Waals surface area (Å²) >= 11 is 0. The van der Waals surface area contributed by atoms with Crippen molar-refractivity contribution in [3.8, 4) is 28.4 Å². The third kappa shape index (κ3) is 8.20. The first-order valence-corrected chi connectivity index (χ1v) is 21.4. The van der Waals surface area contributed by atoms with Crippen molar-refractivity contribution in [1.82, 2.24) is 10.2 Å². The number of hydrogen-bond acceptors (Lipinski definition) is 7. The Morgan fingerprint density at radius 3 is 1.97 bits per heavy atom. The topological polar surface area (TPSA) is 115 Å². The van der Waals surface area contributed by atoms with Crippen LogP contribution in [-0.2, 0) is 29.0 Å². The van der Waals surface area contributed by atoms with Gasteiger partial charge in [0.15, 0.2) is 0 Å². The Balaban J connectivity index is 1.37. The highest BCUT2D eigenvalue weighted by Gasteiger charge is 2.51. The number of carbonyl (C=O) groups is 2. The number of ether oxygens (including phenoxy) is 3. The molecule has 0 spiro atoms. The molecule has 3 N–H and O–H groups in total. The fraction of sp³-hybridized carbons (Fsp3) is 0.264. The van der Waals surface area contributed by atoms with Crippen LogP contribution in [0.3, 0.4) is 0 Å². The predicted molar refractivity (Wildman–Crippen MR) is 245 cm³/mol. The molecule has 0 fully saturated rings. The van der Waals surface area contributed by atoms with E-state index in [2.05, 4.69) is 59.6 Å². The number of methoxy groups -OCH3 is 3. The van der Waals surface area contributed by atoms with Crippen LogP contribution in [0.2, 0.25) is 0 Å². The fourth-order valence-electron chi connectivity index (χ4n) is 9.42. The SMILES string of the molecule is CCCCNC(=O)C1(Cc2ccccc2OC)C=CC2=NC3=C(C2=C1)C(Cc1ccccc1OC)C(C(N)=O)N(Cc1ccccc1OC)C3c1ccc(-c2ccccc2)cc1. The molecule has 8 rings (SSSR count). The smallest absolute Gasteiger partial charge is 0.235 e. The molecule has 0 saturated carbocycles. The van der Waals surface area contributed by atoms with Crippen LogP contribution in [0.4, 0.5) is 0 Å². The van der Waals surface area contributed by atoms with E-state index in [1.807, 2.05) is 103 Å². The lowest BCUT2D eigenvalue weighted by Crippen LogP contribution is -2.54. The molecule has 9 nitrogen and oxygen atoms in total. The molecule has 62 heavy (non-hydrogen) atoms. The van der Waals surface area contributed by atoms with Crippen LogP contribution in [0.5, 0.6) is 17.2 Å². The van der Waals surface area contributed by atoms with Crippen molar-refractivity contribution >= 4 is 17.5 Å². The van der Waals surface area contributed by atoms with E-state index >= 15 is 0 Å². The average molecular weight is 827 g/mol. The van der Waals surface area contributed by atoms with Crippen LogP contribution < -0.4 is 25.3 Å². The first kappa shape index (κ1) is 42.0. The second kappa shape index (κ2) is 18.5. The van der Waals surface area contributed by atoms with E-state index < -0.39 is 29.3 Å². The molecule has 3 aliphatic rings. The molecule has 5 aromatic rings. The summed E-state index contributed by atoms with van der Waals surface area (Å²) in [6.07, 6.45) is 8.63. The van der Waals surface area contributed by atoms with Crippen molar-refractivity contribution in [2.24, 2.45) is 22.1 Å². The third-order valence-electron chi connectivity index (χ3n) is 12.4. The van der Waals surface area contributed by atoms with Crippen molar-refractivity contribution < 1.29 is 23.8 Å². The number of unbranched alkanes of at least 4 members (excludes halogenated alkanes) is 1. The minimum atomic E-state index is -1.10. The van der Waals surface area contributed by atoms with Gasteiger partial charge in [-0.3, -0.25) is 19.5 Å². The van der Waals surface area contributed by atoms with Gasteiger partial charge in [-0.1, -0.05) is 135 Å². The number of benzene rings is 5. The molecule has 2 heterocycles. The van der Waals surface area contributed by atoms with Crippen molar-refractivity contribution in [2.45, 2.75) is 51.2 Å². The van der Waals surface area contributed by atoms with Crippen LogP contribution in [0, 0.1) is 11.3 Å². The van der Waals surface area contributed by atoms with Crippen LogP contribution in [0.1, 0.15) is 48.1 Å². The van der Waals surface area contributed by atoms with Gasteiger partial charge >= 0.3 is 0 Å². The Bertz CT molecular complexity index is 2560. The summed E-state index contributed by atoms with van der Waals surface area (Å²) in [6.45, 7) is 3.00. The number of fused-ring (bicyclic) bond motifs is 2. The predicted octanol–water partition coefficient (Wildman–Crippen LogP) is 9.00. The highest BCUT2D eigenvalue weighted by molar-refractivity contribution is 6.17. The van der Waals surface area contributed by atoms with Crippen molar-refractivity contribution in [2.75, 3.05) is 27.9 Å². The van der Waals surface area contributed by atoms with E-state index in [0.29, 0.717) is 43.2 Å². The highest BCUT2D eigenvalue weighted by Crippen LogP contribution is 2.52. The van der Waals surface area contributed by atoms with E-state index in [4.69, 9.17) is 24.9 Å². The molecule has 5 aromatic carbocycles. The molecule has 0 saturated heterocycles. The number of carbonyl (C=O) groups excluding carboxylic acids is 2. The molecular weight excluding hydrogens is 773 g/mol. The normalized spacial score (nSPS) is 20.4. The van der Waals surface area contributed by atoms with Crippen molar-refractivity contribution in [3.05, 3.63) is 185 Å². The lowest BCUT2D eigenvalue weighted by atomic mass is 9.70. The van der Waals surface area contributed by atoms with Gasteiger partial charge in [0.2, 0.25) is 11.8 Å². The van der Waals surface area contributed by atoms with Gasteiger partial charge in [-0.25, -0.2) is 0 Å². The summed E-state index contributed by atoms with van der Waals surface area (Å²) in [5, 5.41) is 3.25. The Kier molecular flexibility index (Phi) is 12.5. The van der Waals surface area contributed by atoms with E-state index in [9.17, 15) is 9.59 Å². The maximum Gasteiger partial charge on any atom is 0.235 e. The Labute approximate surface area is 364 Å². The number of aliphatic imine (C=N–C) groups is 1. The summed E-state index contributed by atoms with van der Waals surface area (Å²) in [4.78, 5) is 36.9. The van der Waals surface area contributed by atoms with Gasteiger partial charge < -0.3 is 25.3 Å². The Morgan fingerprint density at radius 1 is 0.742 bits per heavy atom. The van der Waals surface area contributed by atoms with Gasteiger partial charge in [0.25, 0.3) is 0 Å². The largest absolute Gasteiger partial charge is 0.496 e. The van der Waals surface area contributed by atoms with E-state index in [1.54, 1.807) is 21.3 Å². The van der Waals surface area contributed by atoms with Crippen LogP contribution >= 0.6 is 0 Å². The highest BCUT2D eigenvalue weighted by atomic mass is 16.5. The van der Waals surface area contributed by atoms with Crippen molar-refractivity contribution in [3.63, 3.8) is 0 Å². The first-order valence-electron chi connectivity index (χ1n) is 21.4. The molecule has 2 amide bonds. The molecule has 0 aromatic heterocycles. The third-order valence-corrected chi connectivity index (χ3v) is 12.4. The second-order valence-corrected chi connectivity index (χ2v) is 16.2. The number of para-hydroxylation sites is 3. The van der Waals surface area contributed by atoms with Gasteiger partial charge in [0.1, 0.15) is 17.2 Å². The van der Waals surface area contributed by atoms with Crippen LogP contribution in [0.15, 0.2) is 167 Å². The van der Waals surface area contributed by atoms with Gasteiger partial charge in [0, 0.05) is 30.1 Å². The fourth-order valence-corrected chi connectivity index (χ4v) is 9.42. The standard InChI is InChI=1S/C53H54N4O5/c1-5-6-30-55-52(59)53(32-39-19-11-14-22-45(39)61-3)29-28-43-42(33-53)47-41(31-38-18-10-13-21-44(38)60-2)50(51(54)58)57(34-40-20-12-15-23-46(40)62-4)49(48(47)56-43)37-26-24-36(25-27-37)35-16-8-7-9-17-35/h7-29,33,41,49-50H,5-6,30-32,34H2,1-4H3,(H2,54,58)(H,55,59). The first-order chi connectivity index (χ1) is 30.3. The van der Waals surface area contributed by atoms with Crippen LogP contribution in [-0.4, -0.2) is 56.3 Å². The molecule has 4 atom stereocenters. The zero-order valence-electron chi connectivity index (χ0n) is 35.8. The number of rotatable bonds is 16. The summed E-state index contributed by atoms with van der Waals surface area (Å²) in [6, 6.07) is 41.1. The lowest BCUT2D eigenvalue weighted by Gasteiger charge is -2.46. The number of nitrogens with one attached hydrogen (secondary N) is 1. The summed E-state index contributed by atoms with van der Waals surface area (Å²) in [5.74, 6) is 1.07. The van der Waals surface area contributed by atoms with Gasteiger partial charge in [0.05, 0.1) is 50.2 Å². The molecule has 1 aliphatic carbocycles. The molecular formula is C53H54N4O5. The quantitative estimate of drug-likeness (QED) is 0.0961. The zero-order chi connectivity index (χ0) is 43.2. The van der Waals surface area contributed by atoms with Gasteiger partial charge in [-0.2, -0.15) is 0 Å². The number of amides is 2. The molecule has 0 radical (unpaired) electrons. The van der Waals surface area contributed by atoms with Gasteiger partial charge in [-0.15, -0.1) is 0 Å². The van der Waals surface area contributed by atoms with Gasteiger partial charge in [-0.05, 0) is 76.9 Å². The number of allylic oxidation sites excluding steroid dienone is 2. The molecule has 2 aliphatic heterocycles.